The third kappa shape index (κ3) is 3.11. The summed E-state index contributed by atoms with van der Waals surface area (Å²) in [5.74, 6) is -0.718. The van der Waals surface area contributed by atoms with Gasteiger partial charge in [0.1, 0.15) is 5.75 Å². The van der Waals surface area contributed by atoms with Gasteiger partial charge in [0.2, 0.25) is 0 Å². The summed E-state index contributed by atoms with van der Waals surface area (Å²) in [5, 5.41) is 8.93. The van der Waals surface area contributed by atoms with Crippen molar-refractivity contribution in [2.75, 3.05) is 0 Å². The quantitative estimate of drug-likeness (QED) is 0.778. The lowest BCUT2D eigenvalue weighted by molar-refractivity contribution is -0.183. The molecule has 3 nitrogen and oxygen atoms in total. The first-order valence-electron chi connectivity index (χ1n) is 3.81. The van der Waals surface area contributed by atoms with Crippen LogP contribution in [0.5, 0.6) is 5.75 Å². The molecule has 0 heterocycles. The zero-order valence-corrected chi connectivity index (χ0v) is 6.87. The van der Waals surface area contributed by atoms with E-state index in [1.54, 1.807) is 12.1 Å². The molecule has 1 aromatic carbocycles. The molecule has 0 aliphatic rings. The van der Waals surface area contributed by atoms with Gasteiger partial charge in [-0.1, -0.05) is 12.1 Å². The minimum absolute atomic E-state index is 0.00127. The zero-order chi connectivity index (χ0) is 9.68. The fourth-order valence-electron chi connectivity index (χ4n) is 0.948. The highest BCUT2D eigenvalue weighted by Crippen LogP contribution is 2.11. The minimum atomic E-state index is -0.881. The second kappa shape index (κ2) is 4.45. The molecule has 1 rings (SSSR count). The van der Waals surface area contributed by atoms with Gasteiger partial charge in [0.25, 0.3) is 0 Å². The molecular formula is C9H9FO3. The maximum Gasteiger partial charge on any atom is 0.349 e. The summed E-state index contributed by atoms with van der Waals surface area (Å²) in [7, 11) is 0. The Hall–Kier alpha value is -1.58. The number of hydrogen-bond acceptors (Lipinski definition) is 3. The molecule has 0 aromatic heterocycles. The number of carbonyl (C=O) groups is 1. The Bertz CT molecular complexity index is 281. The molecule has 0 saturated heterocycles. The number of aryl methyl sites for hydroxylation is 1. The molecule has 1 N–H and O–H groups in total. The molecule has 0 radical (unpaired) electrons. The lowest BCUT2D eigenvalue weighted by atomic mass is 10.1. The van der Waals surface area contributed by atoms with Gasteiger partial charge in [-0.3, -0.25) is 4.94 Å². The summed E-state index contributed by atoms with van der Waals surface area (Å²) < 4.78 is 11.3. The fraction of sp³-hybridized carbons (Fsp3) is 0.222. The minimum Gasteiger partial charge on any atom is -0.508 e. The first kappa shape index (κ1) is 9.51. The molecule has 0 amide bonds. The van der Waals surface area contributed by atoms with Crippen LogP contribution in [-0.2, 0) is 16.2 Å². The van der Waals surface area contributed by atoms with E-state index in [1.807, 2.05) is 0 Å². The average Bonchev–Trinajstić information content (AvgIpc) is 2.16. The number of halogens is 1. The lowest BCUT2D eigenvalue weighted by Gasteiger charge is -1.98. The predicted molar refractivity (Wildman–Crippen MR) is 43.6 cm³/mol. The van der Waals surface area contributed by atoms with Gasteiger partial charge in [-0.25, -0.2) is 4.79 Å². The zero-order valence-electron chi connectivity index (χ0n) is 6.87. The Kier molecular flexibility index (Phi) is 3.25. The number of rotatable bonds is 3. The normalized spacial score (nSPS) is 9.62. The van der Waals surface area contributed by atoms with Crippen LogP contribution < -0.4 is 0 Å². The van der Waals surface area contributed by atoms with Gasteiger partial charge < -0.3 is 5.11 Å². The number of benzene rings is 1. The molecular weight excluding hydrogens is 175 g/mol. The first-order valence-corrected chi connectivity index (χ1v) is 3.81. The highest BCUT2D eigenvalue weighted by atomic mass is 19.3. The summed E-state index contributed by atoms with van der Waals surface area (Å²) in [6, 6.07) is 6.36. The molecule has 4 heteroatoms. The highest BCUT2D eigenvalue weighted by Gasteiger charge is 2.03. The topological polar surface area (TPSA) is 46.5 Å². The molecule has 1 aromatic rings. The summed E-state index contributed by atoms with van der Waals surface area (Å²) in [4.78, 5) is 13.4. The molecule has 0 bridgehead atoms. The molecule has 0 aliphatic carbocycles. The molecule has 0 spiro atoms. The smallest absolute Gasteiger partial charge is 0.349 e. The molecule has 0 unspecified atom stereocenters. The van der Waals surface area contributed by atoms with Gasteiger partial charge in [0.15, 0.2) is 0 Å². The van der Waals surface area contributed by atoms with Crippen LogP contribution in [0.3, 0.4) is 0 Å². The second-order valence-corrected chi connectivity index (χ2v) is 2.62. The van der Waals surface area contributed by atoms with Crippen LogP contribution in [0, 0.1) is 0 Å². The van der Waals surface area contributed by atoms with Crippen molar-refractivity contribution in [3.8, 4) is 5.75 Å². The molecule has 0 fully saturated rings. The van der Waals surface area contributed by atoms with Crippen LogP contribution in [0.25, 0.3) is 0 Å². The van der Waals surface area contributed by atoms with Crippen molar-refractivity contribution >= 4 is 5.97 Å². The van der Waals surface area contributed by atoms with E-state index in [1.165, 1.54) is 12.1 Å². The third-order valence-corrected chi connectivity index (χ3v) is 1.64. The lowest BCUT2D eigenvalue weighted by Crippen LogP contribution is -1.99. The van der Waals surface area contributed by atoms with Crippen LogP contribution in [0.2, 0.25) is 0 Å². The summed E-state index contributed by atoms with van der Waals surface area (Å²) in [5.41, 5.74) is 0.850. The SMILES string of the molecule is O=C(CCc1ccc(O)cc1)OF. The molecule has 13 heavy (non-hydrogen) atoms. The van der Waals surface area contributed by atoms with Crippen molar-refractivity contribution in [1.82, 2.24) is 0 Å². The van der Waals surface area contributed by atoms with Crippen LogP contribution >= 0.6 is 0 Å². The standard InChI is InChI=1S/C9H9FO3/c10-13-9(12)6-3-7-1-4-8(11)5-2-7/h1-2,4-5,11H,3,6H2. The first-order chi connectivity index (χ1) is 6.22. The van der Waals surface area contributed by atoms with Crippen LogP contribution in [0.1, 0.15) is 12.0 Å². The molecule has 0 aliphatic heterocycles. The van der Waals surface area contributed by atoms with E-state index in [9.17, 15) is 9.32 Å². The van der Waals surface area contributed by atoms with E-state index in [4.69, 9.17) is 5.11 Å². The van der Waals surface area contributed by atoms with Gasteiger partial charge in [0.05, 0.1) is 6.42 Å². The van der Waals surface area contributed by atoms with Gasteiger partial charge in [-0.2, -0.15) is 0 Å². The number of carbonyl (C=O) groups excluding carboxylic acids is 1. The summed E-state index contributed by atoms with van der Waals surface area (Å²) in [6.07, 6.45) is 0.407. The van der Waals surface area contributed by atoms with Crippen molar-refractivity contribution in [1.29, 1.82) is 0 Å². The van der Waals surface area contributed by atoms with Gasteiger partial charge in [0, 0.05) is 4.53 Å². The largest absolute Gasteiger partial charge is 0.508 e. The Balaban J connectivity index is 2.46. The van der Waals surface area contributed by atoms with Gasteiger partial charge >= 0.3 is 5.97 Å². The van der Waals surface area contributed by atoms with Gasteiger partial charge in [-0.05, 0) is 24.1 Å². The summed E-state index contributed by atoms with van der Waals surface area (Å²) in [6.45, 7) is 0. The van der Waals surface area contributed by atoms with E-state index in [-0.39, 0.29) is 12.2 Å². The van der Waals surface area contributed by atoms with Crippen LogP contribution in [-0.4, -0.2) is 11.1 Å². The van der Waals surface area contributed by atoms with E-state index in [0.717, 1.165) is 5.56 Å². The fourth-order valence-corrected chi connectivity index (χ4v) is 0.948. The van der Waals surface area contributed by atoms with Crippen LogP contribution in [0.15, 0.2) is 24.3 Å². The highest BCUT2D eigenvalue weighted by molar-refractivity contribution is 5.68. The van der Waals surface area contributed by atoms with Crippen LogP contribution in [0.4, 0.5) is 4.53 Å². The number of phenols is 1. The maximum absolute atomic E-state index is 11.3. The molecule has 70 valence electrons. The van der Waals surface area contributed by atoms with E-state index in [0.29, 0.717) is 6.42 Å². The van der Waals surface area contributed by atoms with Gasteiger partial charge in [-0.15, -0.1) is 0 Å². The van der Waals surface area contributed by atoms with E-state index in [2.05, 4.69) is 4.94 Å². The van der Waals surface area contributed by atoms with Crippen molar-refractivity contribution in [3.63, 3.8) is 0 Å². The number of phenolic OH excluding ortho intramolecular Hbond substituents is 1. The van der Waals surface area contributed by atoms with Crippen molar-refractivity contribution in [3.05, 3.63) is 29.8 Å². The number of hydrogen-bond donors (Lipinski definition) is 1. The Morgan fingerprint density at radius 1 is 1.38 bits per heavy atom. The molecule has 0 saturated carbocycles. The summed E-state index contributed by atoms with van der Waals surface area (Å²) >= 11 is 0. The Morgan fingerprint density at radius 2 is 2.00 bits per heavy atom. The Labute approximate surface area is 74.7 Å². The third-order valence-electron chi connectivity index (χ3n) is 1.64. The molecule has 0 atom stereocenters. The van der Waals surface area contributed by atoms with Crippen molar-refractivity contribution in [2.24, 2.45) is 0 Å². The maximum atomic E-state index is 11.3. The van der Waals surface area contributed by atoms with Crippen molar-refractivity contribution in [2.45, 2.75) is 12.8 Å². The monoisotopic (exact) mass is 184 g/mol. The Morgan fingerprint density at radius 3 is 2.54 bits per heavy atom. The van der Waals surface area contributed by atoms with E-state index >= 15 is 0 Å². The number of aromatic hydroxyl groups is 1. The average molecular weight is 184 g/mol. The predicted octanol–water partition coefficient (Wildman–Crippen LogP) is 1.75. The van der Waals surface area contributed by atoms with E-state index < -0.39 is 5.97 Å². The van der Waals surface area contributed by atoms with Crippen molar-refractivity contribution < 1.29 is 19.4 Å². The second-order valence-electron chi connectivity index (χ2n) is 2.62.